The van der Waals surface area contributed by atoms with Gasteiger partial charge in [-0.25, -0.2) is 9.00 Å². The van der Waals surface area contributed by atoms with Crippen molar-refractivity contribution in [1.82, 2.24) is 0 Å². The number of halogens is 1. The Hall–Kier alpha value is -1.86. The van der Waals surface area contributed by atoms with E-state index in [-0.39, 0.29) is 5.97 Å². The van der Waals surface area contributed by atoms with Crippen LogP contribution in [-0.4, -0.2) is 23.4 Å². The quantitative estimate of drug-likeness (QED) is 0.694. The first-order valence-electron chi connectivity index (χ1n) is 7.43. The summed E-state index contributed by atoms with van der Waals surface area (Å²) in [7, 11) is -1.50. The van der Waals surface area contributed by atoms with E-state index < -0.39 is 11.0 Å². The van der Waals surface area contributed by atoms with Crippen LogP contribution in [0, 0.1) is 0 Å². The van der Waals surface area contributed by atoms with E-state index in [4.69, 9.17) is 9.47 Å². The first-order valence-corrected chi connectivity index (χ1v) is 9.37. The van der Waals surface area contributed by atoms with Crippen LogP contribution in [0.3, 0.4) is 0 Å². The van der Waals surface area contributed by atoms with Crippen LogP contribution in [0.1, 0.15) is 24.2 Å². The van der Waals surface area contributed by atoms with Crippen LogP contribution in [0.5, 0.6) is 5.75 Å². The van der Waals surface area contributed by atoms with Crippen molar-refractivity contribution in [3.63, 3.8) is 0 Å². The number of benzene rings is 2. The van der Waals surface area contributed by atoms with E-state index in [2.05, 4.69) is 20.7 Å². The lowest BCUT2D eigenvalue weighted by molar-refractivity contribution is 0.0526. The molecule has 0 spiro atoms. The molecule has 0 fully saturated rings. The number of nitrogens with one attached hydrogen (secondary N) is 1. The van der Waals surface area contributed by atoms with E-state index in [0.717, 1.165) is 4.47 Å². The van der Waals surface area contributed by atoms with E-state index in [9.17, 15) is 9.00 Å². The molecule has 7 heteroatoms. The van der Waals surface area contributed by atoms with E-state index in [1.165, 1.54) is 0 Å². The lowest BCUT2D eigenvalue weighted by Gasteiger charge is -2.12. The van der Waals surface area contributed by atoms with Crippen molar-refractivity contribution in [2.45, 2.75) is 18.7 Å². The molecule has 1 N–H and O–H groups in total. The second kappa shape index (κ2) is 8.84. The maximum atomic E-state index is 12.6. The second-order valence-electron chi connectivity index (χ2n) is 4.69. The number of anilines is 1. The van der Waals surface area contributed by atoms with Crippen molar-refractivity contribution in [3.8, 4) is 5.75 Å². The summed E-state index contributed by atoms with van der Waals surface area (Å²) >= 11 is 3.37. The molecule has 0 heterocycles. The third-order valence-corrected chi connectivity index (χ3v) is 4.64. The van der Waals surface area contributed by atoms with Gasteiger partial charge in [0.2, 0.25) is 0 Å². The van der Waals surface area contributed by atoms with Gasteiger partial charge in [0.15, 0.2) is 11.0 Å². The van der Waals surface area contributed by atoms with Gasteiger partial charge in [-0.3, -0.25) is 0 Å². The summed E-state index contributed by atoms with van der Waals surface area (Å²) < 4.78 is 26.8. The molecule has 0 aromatic heterocycles. The smallest absolute Gasteiger partial charge is 0.338 e. The first kappa shape index (κ1) is 18.5. The highest BCUT2D eigenvalue weighted by Crippen LogP contribution is 2.27. The molecule has 0 saturated carbocycles. The molecule has 0 aliphatic heterocycles. The molecule has 2 aromatic carbocycles. The first-order chi connectivity index (χ1) is 11.5. The van der Waals surface area contributed by atoms with E-state index in [0.29, 0.717) is 35.1 Å². The molecule has 128 valence electrons. The molecule has 24 heavy (non-hydrogen) atoms. The van der Waals surface area contributed by atoms with Crippen molar-refractivity contribution in [1.29, 1.82) is 0 Å². The molecule has 2 rings (SSSR count). The molecule has 0 aliphatic carbocycles. The molecule has 2 aromatic rings. The largest absolute Gasteiger partial charge is 0.493 e. The van der Waals surface area contributed by atoms with Gasteiger partial charge in [-0.05, 0) is 56.3 Å². The molecular formula is C17H18BrNO4S. The predicted octanol–water partition coefficient (Wildman–Crippen LogP) is 4.16. The minimum atomic E-state index is -1.50. The average molecular weight is 412 g/mol. The molecule has 1 unspecified atom stereocenters. The fourth-order valence-electron chi connectivity index (χ4n) is 1.95. The van der Waals surface area contributed by atoms with Crippen LogP contribution in [0.2, 0.25) is 0 Å². The summed E-state index contributed by atoms with van der Waals surface area (Å²) in [5.74, 6) is 0.186. The predicted molar refractivity (Wildman–Crippen MR) is 97.7 cm³/mol. The third kappa shape index (κ3) is 4.82. The Morgan fingerprint density at radius 1 is 1.12 bits per heavy atom. The fourth-order valence-corrected chi connectivity index (χ4v) is 3.47. The number of esters is 1. The van der Waals surface area contributed by atoms with Crippen molar-refractivity contribution in [2.24, 2.45) is 0 Å². The highest BCUT2D eigenvalue weighted by molar-refractivity contribution is 9.10. The zero-order valence-corrected chi connectivity index (χ0v) is 15.8. The standard InChI is InChI=1S/C17H18BrNO4S/c1-3-22-15-10-7-13(18)11-16(15)24(21)19-14-8-5-12(6-9-14)17(20)23-4-2/h5-11,19H,3-4H2,1-2H3. The highest BCUT2D eigenvalue weighted by atomic mass is 79.9. The lowest BCUT2D eigenvalue weighted by Crippen LogP contribution is -2.08. The zero-order chi connectivity index (χ0) is 17.5. The Morgan fingerprint density at radius 3 is 2.46 bits per heavy atom. The topological polar surface area (TPSA) is 64.6 Å². The van der Waals surface area contributed by atoms with E-state index >= 15 is 0 Å². The fraction of sp³-hybridized carbons (Fsp3) is 0.235. The van der Waals surface area contributed by atoms with E-state index in [1.807, 2.05) is 13.0 Å². The molecule has 0 bridgehead atoms. The lowest BCUT2D eigenvalue weighted by atomic mass is 10.2. The third-order valence-electron chi connectivity index (χ3n) is 3.01. The van der Waals surface area contributed by atoms with Gasteiger partial charge in [-0.1, -0.05) is 15.9 Å². The summed E-state index contributed by atoms with van der Waals surface area (Å²) in [5.41, 5.74) is 1.08. The average Bonchev–Trinajstić information content (AvgIpc) is 2.57. The molecule has 0 amide bonds. The minimum Gasteiger partial charge on any atom is -0.493 e. The number of hydrogen-bond acceptors (Lipinski definition) is 4. The Balaban J connectivity index is 2.15. The number of carbonyl (C=O) groups excluding carboxylic acids is 1. The zero-order valence-electron chi connectivity index (χ0n) is 13.4. The monoisotopic (exact) mass is 411 g/mol. The van der Waals surface area contributed by atoms with Crippen LogP contribution in [0.4, 0.5) is 5.69 Å². The Bertz CT molecular complexity index is 734. The second-order valence-corrected chi connectivity index (χ2v) is 6.79. The SMILES string of the molecule is CCOC(=O)c1ccc(NS(=O)c2cc(Br)ccc2OCC)cc1. The summed E-state index contributed by atoms with van der Waals surface area (Å²) in [6.45, 7) is 4.44. The highest BCUT2D eigenvalue weighted by Gasteiger charge is 2.13. The minimum absolute atomic E-state index is 0.325. The van der Waals surface area contributed by atoms with Gasteiger partial charge >= 0.3 is 5.97 Å². The van der Waals surface area contributed by atoms with Gasteiger partial charge in [0.1, 0.15) is 10.6 Å². The molecule has 0 radical (unpaired) electrons. The maximum absolute atomic E-state index is 12.6. The van der Waals surface area contributed by atoms with Crippen LogP contribution < -0.4 is 9.46 Å². The Kier molecular flexibility index (Phi) is 6.81. The Morgan fingerprint density at radius 2 is 1.83 bits per heavy atom. The summed E-state index contributed by atoms with van der Waals surface area (Å²) in [6, 6.07) is 12.0. The molecule has 5 nitrogen and oxygen atoms in total. The number of rotatable bonds is 7. The molecule has 0 aliphatic rings. The number of ether oxygens (including phenoxy) is 2. The van der Waals surface area contributed by atoms with Crippen LogP contribution in [0.15, 0.2) is 51.8 Å². The van der Waals surface area contributed by atoms with Gasteiger partial charge in [0.05, 0.1) is 18.8 Å². The van der Waals surface area contributed by atoms with Crippen LogP contribution in [-0.2, 0) is 15.7 Å². The van der Waals surface area contributed by atoms with Crippen molar-refractivity contribution >= 4 is 38.6 Å². The maximum Gasteiger partial charge on any atom is 0.338 e. The van der Waals surface area contributed by atoms with Gasteiger partial charge in [-0.2, -0.15) is 0 Å². The molecule has 1 atom stereocenters. The summed E-state index contributed by atoms with van der Waals surface area (Å²) in [4.78, 5) is 12.2. The summed E-state index contributed by atoms with van der Waals surface area (Å²) in [5, 5.41) is 0. The van der Waals surface area contributed by atoms with Gasteiger partial charge < -0.3 is 14.2 Å². The summed E-state index contributed by atoms with van der Waals surface area (Å²) in [6.07, 6.45) is 0. The number of hydrogen-bond donors (Lipinski definition) is 1. The van der Waals surface area contributed by atoms with Crippen molar-refractivity contribution in [2.75, 3.05) is 17.9 Å². The number of carbonyl (C=O) groups is 1. The van der Waals surface area contributed by atoms with Gasteiger partial charge in [-0.15, -0.1) is 0 Å². The van der Waals surface area contributed by atoms with Gasteiger partial charge in [0.25, 0.3) is 0 Å². The molecular weight excluding hydrogens is 394 g/mol. The normalized spacial score (nSPS) is 11.6. The Labute approximate surface area is 152 Å². The van der Waals surface area contributed by atoms with Crippen molar-refractivity contribution in [3.05, 3.63) is 52.5 Å². The van der Waals surface area contributed by atoms with Gasteiger partial charge in [0, 0.05) is 10.2 Å². The van der Waals surface area contributed by atoms with Crippen LogP contribution in [0.25, 0.3) is 0 Å². The van der Waals surface area contributed by atoms with Crippen LogP contribution >= 0.6 is 15.9 Å². The molecule has 0 saturated heterocycles. The van der Waals surface area contributed by atoms with Crippen molar-refractivity contribution < 1.29 is 18.5 Å². The van der Waals surface area contributed by atoms with E-state index in [1.54, 1.807) is 43.3 Å².